The number of rotatable bonds is 5. The van der Waals surface area contributed by atoms with Crippen LogP contribution in [0.15, 0.2) is 66.6 Å². The zero-order chi connectivity index (χ0) is 21.2. The molecule has 5 aromatic rings. The van der Waals surface area contributed by atoms with Gasteiger partial charge in [-0.3, -0.25) is 10.00 Å². The highest BCUT2D eigenvalue weighted by molar-refractivity contribution is 7.13. The second-order valence-electron chi connectivity index (χ2n) is 6.84. The van der Waals surface area contributed by atoms with Gasteiger partial charge in [0.25, 0.3) is 0 Å². The number of benzene rings is 1. The molecule has 0 fully saturated rings. The van der Waals surface area contributed by atoms with E-state index >= 15 is 0 Å². The lowest BCUT2D eigenvalue weighted by molar-refractivity contribution is 0.262. The average Bonchev–Trinajstić information content (AvgIpc) is 3.54. The van der Waals surface area contributed by atoms with Gasteiger partial charge in [-0.1, -0.05) is 12.1 Å². The van der Waals surface area contributed by atoms with Crippen LogP contribution in [0.5, 0.6) is 0 Å². The predicted molar refractivity (Wildman–Crippen MR) is 123 cm³/mol. The van der Waals surface area contributed by atoms with E-state index in [0.717, 1.165) is 40.0 Å². The Balaban J connectivity index is 1.44. The molecule has 0 bridgehead atoms. The third-order valence-corrected chi connectivity index (χ3v) is 5.59. The van der Waals surface area contributed by atoms with Gasteiger partial charge in [-0.2, -0.15) is 5.10 Å². The number of nitrogens with one attached hydrogen (secondary N) is 3. The second-order valence-corrected chi connectivity index (χ2v) is 7.73. The number of thiazole rings is 1. The average molecular weight is 430 g/mol. The van der Waals surface area contributed by atoms with Crippen LogP contribution in [0.2, 0.25) is 0 Å². The summed E-state index contributed by atoms with van der Waals surface area (Å²) in [5.41, 5.74) is 5.50. The zero-order valence-electron chi connectivity index (χ0n) is 16.7. The van der Waals surface area contributed by atoms with Gasteiger partial charge in [0.2, 0.25) is 0 Å². The van der Waals surface area contributed by atoms with Gasteiger partial charge in [-0.25, -0.2) is 14.8 Å². The summed E-state index contributed by atoms with van der Waals surface area (Å²) in [5.74, 6) is 0. The number of anilines is 2. The molecule has 0 atom stereocenters. The van der Waals surface area contributed by atoms with Gasteiger partial charge in [0, 0.05) is 58.9 Å². The highest BCUT2D eigenvalue weighted by atomic mass is 32.1. The van der Waals surface area contributed by atoms with Gasteiger partial charge in [0.1, 0.15) is 11.3 Å². The van der Waals surface area contributed by atoms with E-state index in [9.17, 15) is 4.79 Å². The van der Waals surface area contributed by atoms with Gasteiger partial charge in [0.05, 0.1) is 0 Å². The second kappa shape index (κ2) is 8.04. The van der Waals surface area contributed by atoms with E-state index in [-0.39, 0.29) is 6.03 Å². The molecule has 8 nitrogen and oxygen atoms in total. The fourth-order valence-corrected chi connectivity index (χ4v) is 3.97. The van der Waals surface area contributed by atoms with E-state index in [0.29, 0.717) is 10.8 Å². The van der Waals surface area contributed by atoms with Crippen molar-refractivity contribution in [1.82, 2.24) is 24.7 Å². The molecule has 0 aliphatic heterocycles. The predicted octanol–water partition coefficient (Wildman–Crippen LogP) is 5.21. The molecule has 0 spiro atoms. The molecule has 0 saturated heterocycles. The number of hydrogen-bond donors (Lipinski definition) is 3. The summed E-state index contributed by atoms with van der Waals surface area (Å²) in [7, 11) is 0. The number of H-pyrrole nitrogens is 1. The molecule has 0 radical (unpaired) electrons. The van der Waals surface area contributed by atoms with Crippen molar-refractivity contribution in [3.63, 3.8) is 0 Å². The first kappa shape index (κ1) is 19.0. The first-order valence-corrected chi connectivity index (χ1v) is 10.7. The summed E-state index contributed by atoms with van der Waals surface area (Å²) < 4.78 is 1.93. The molecule has 0 unspecified atom stereocenters. The van der Waals surface area contributed by atoms with Crippen molar-refractivity contribution in [3.8, 4) is 22.4 Å². The summed E-state index contributed by atoms with van der Waals surface area (Å²) in [4.78, 5) is 23.7. The number of nitrogens with zero attached hydrogens (tertiary/aromatic N) is 4. The van der Waals surface area contributed by atoms with E-state index in [1.165, 1.54) is 11.3 Å². The van der Waals surface area contributed by atoms with Crippen molar-refractivity contribution >= 4 is 39.2 Å². The number of hydrogen-bond acceptors (Lipinski definition) is 5. The van der Waals surface area contributed by atoms with Crippen LogP contribution in [0, 0.1) is 0 Å². The Morgan fingerprint density at radius 2 is 1.94 bits per heavy atom. The number of pyridine rings is 1. The molecule has 5 rings (SSSR count). The van der Waals surface area contributed by atoms with E-state index < -0.39 is 0 Å². The molecule has 2 amide bonds. The van der Waals surface area contributed by atoms with E-state index in [1.807, 2.05) is 52.7 Å². The quantitative estimate of drug-likeness (QED) is 0.357. The molecule has 154 valence electrons. The Bertz CT molecular complexity index is 1340. The van der Waals surface area contributed by atoms with Crippen molar-refractivity contribution in [3.05, 3.63) is 66.6 Å². The molecule has 0 saturated carbocycles. The SMILES string of the molecule is CCn1cc(-c2ccnc3[nH]ccc23)c(-c2ccc(NC(=O)Nc3nccs3)cc2)n1. The standard InChI is InChI=1S/C22H19N7OS/c1-2-29-13-18(16-7-9-23-20-17(16)8-10-24-20)19(28-29)14-3-5-15(6-4-14)26-21(30)27-22-25-11-12-31-22/h3-13H,2H2,1H3,(H,23,24)(H2,25,26,27,30). The number of aromatic amines is 1. The first-order valence-electron chi connectivity index (χ1n) is 9.79. The molecule has 1 aromatic carbocycles. The molecule has 3 N–H and O–H groups in total. The van der Waals surface area contributed by atoms with Crippen molar-refractivity contribution in [2.75, 3.05) is 10.6 Å². The minimum absolute atomic E-state index is 0.328. The lowest BCUT2D eigenvalue weighted by atomic mass is 10.0. The summed E-state index contributed by atoms with van der Waals surface area (Å²) in [6.07, 6.45) is 7.40. The van der Waals surface area contributed by atoms with E-state index in [4.69, 9.17) is 5.10 Å². The molecular weight excluding hydrogens is 410 g/mol. The minimum atomic E-state index is -0.328. The summed E-state index contributed by atoms with van der Waals surface area (Å²) in [5, 5.41) is 13.7. The normalized spacial score (nSPS) is 11.0. The van der Waals surface area contributed by atoms with Gasteiger partial charge in [-0.15, -0.1) is 11.3 Å². The van der Waals surface area contributed by atoms with Gasteiger partial charge < -0.3 is 10.3 Å². The van der Waals surface area contributed by atoms with E-state index in [1.54, 1.807) is 12.4 Å². The maximum atomic E-state index is 12.1. The van der Waals surface area contributed by atoms with Crippen molar-refractivity contribution in [2.24, 2.45) is 0 Å². The van der Waals surface area contributed by atoms with Crippen molar-refractivity contribution in [1.29, 1.82) is 0 Å². The van der Waals surface area contributed by atoms with Crippen molar-refractivity contribution in [2.45, 2.75) is 13.5 Å². The lowest BCUT2D eigenvalue weighted by Crippen LogP contribution is -2.19. The fourth-order valence-electron chi connectivity index (χ4n) is 3.45. The summed E-state index contributed by atoms with van der Waals surface area (Å²) in [6, 6.07) is 11.4. The number of carbonyl (C=O) groups is 1. The van der Waals surface area contributed by atoms with Crippen LogP contribution < -0.4 is 10.6 Å². The number of aryl methyl sites for hydroxylation is 1. The lowest BCUT2D eigenvalue weighted by Gasteiger charge is -2.07. The Morgan fingerprint density at radius 3 is 2.71 bits per heavy atom. The van der Waals surface area contributed by atoms with E-state index in [2.05, 4.69) is 38.7 Å². The van der Waals surface area contributed by atoms with Crippen LogP contribution in [0.1, 0.15) is 6.92 Å². The molecule has 4 heterocycles. The molecule has 0 aliphatic rings. The topological polar surface area (TPSA) is 101 Å². The van der Waals surface area contributed by atoms with Gasteiger partial charge >= 0.3 is 6.03 Å². The minimum Gasteiger partial charge on any atom is -0.346 e. The maximum absolute atomic E-state index is 12.1. The Labute approximate surface area is 182 Å². The third-order valence-electron chi connectivity index (χ3n) is 4.91. The fraction of sp³-hybridized carbons (Fsp3) is 0.0909. The van der Waals surface area contributed by atoms with Crippen LogP contribution in [0.4, 0.5) is 15.6 Å². The number of fused-ring (bicyclic) bond motifs is 1. The van der Waals surface area contributed by atoms with Crippen LogP contribution in [-0.4, -0.2) is 30.8 Å². The number of carbonyl (C=O) groups excluding carboxylic acids is 1. The molecule has 4 aromatic heterocycles. The van der Waals surface area contributed by atoms with Gasteiger partial charge in [0.15, 0.2) is 5.13 Å². The highest BCUT2D eigenvalue weighted by Crippen LogP contribution is 2.35. The largest absolute Gasteiger partial charge is 0.346 e. The van der Waals surface area contributed by atoms with Crippen LogP contribution >= 0.6 is 11.3 Å². The summed E-state index contributed by atoms with van der Waals surface area (Å²) >= 11 is 1.37. The van der Waals surface area contributed by atoms with Gasteiger partial charge in [-0.05, 0) is 36.8 Å². The first-order chi connectivity index (χ1) is 15.2. The third kappa shape index (κ3) is 3.78. The number of urea groups is 1. The molecule has 9 heteroatoms. The smallest absolute Gasteiger partial charge is 0.325 e. The summed E-state index contributed by atoms with van der Waals surface area (Å²) in [6.45, 7) is 2.83. The molecule has 31 heavy (non-hydrogen) atoms. The highest BCUT2D eigenvalue weighted by Gasteiger charge is 2.16. The van der Waals surface area contributed by atoms with Crippen molar-refractivity contribution < 1.29 is 4.79 Å². The number of aromatic nitrogens is 5. The van der Waals surface area contributed by atoms with Crippen LogP contribution in [0.25, 0.3) is 33.4 Å². The zero-order valence-corrected chi connectivity index (χ0v) is 17.5. The van der Waals surface area contributed by atoms with Crippen LogP contribution in [-0.2, 0) is 6.54 Å². The molecule has 0 aliphatic carbocycles. The van der Waals surface area contributed by atoms with Crippen LogP contribution in [0.3, 0.4) is 0 Å². The number of amides is 2. The Kier molecular flexibility index (Phi) is 4.93. The monoisotopic (exact) mass is 429 g/mol. The molecular formula is C22H19N7OS. The Morgan fingerprint density at radius 1 is 1.06 bits per heavy atom. The maximum Gasteiger partial charge on any atom is 0.325 e. The Hall–Kier alpha value is -3.98.